The molecule has 3 rings (SSSR count). The Kier molecular flexibility index (Phi) is 5.66. The molecule has 2 aromatic rings. The van der Waals surface area contributed by atoms with E-state index in [1.54, 1.807) is 30.5 Å². The molecule has 0 radical (unpaired) electrons. The van der Waals surface area contributed by atoms with Crippen LogP contribution in [0.15, 0.2) is 60.8 Å². The van der Waals surface area contributed by atoms with Gasteiger partial charge in [0.15, 0.2) is 6.61 Å². The van der Waals surface area contributed by atoms with Gasteiger partial charge < -0.3 is 15.0 Å². The summed E-state index contributed by atoms with van der Waals surface area (Å²) in [6, 6.07) is 16.0. The Morgan fingerprint density at radius 3 is 2.48 bits per heavy atom. The van der Waals surface area contributed by atoms with E-state index in [9.17, 15) is 14.4 Å². The first-order valence-electron chi connectivity index (χ1n) is 8.61. The van der Waals surface area contributed by atoms with Crippen LogP contribution in [0.2, 0.25) is 0 Å². The van der Waals surface area contributed by atoms with Crippen molar-refractivity contribution in [1.82, 2.24) is 4.90 Å². The van der Waals surface area contributed by atoms with E-state index in [0.29, 0.717) is 5.69 Å². The van der Waals surface area contributed by atoms with Gasteiger partial charge >= 0.3 is 5.97 Å². The zero-order valence-corrected chi connectivity index (χ0v) is 14.9. The molecular formula is C21H20N2O4. The van der Waals surface area contributed by atoms with Crippen LogP contribution in [0.3, 0.4) is 0 Å². The Morgan fingerprint density at radius 1 is 1.04 bits per heavy atom. The van der Waals surface area contributed by atoms with Crippen molar-refractivity contribution in [1.29, 1.82) is 0 Å². The van der Waals surface area contributed by atoms with Crippen molar-refractivity contribution in [3.63, 3.8) is 0 Å². The van der Waals surface area contributed by atoms with Gasteiger partial charge in [-0.25, -0.2) is 0 Å². The number of carbonyl (C=O) groups excluding carboxylic acids is 3. The number of anilines is 1. The summed E-state index contributed by atoms with van der Waals surface area (Å²) in [6.07, 6.45) is 3.48. The van der Waals surface area contributed by atoms with Crippen LogP contribution in [0, 0.1) is 0 Å². The minimum absolute atomic E-state index is 0.0282. The highest BCUT2D eigenvalue weighted by Gasteiger charge is 2.28. The molecular weight excluding hydrogens is 344 g/mol. The topological polar surface area (TPSA) is 75.7 Å². The van der Waals surface area contributed by atoms with E-state index >= 15 is 0 Å². The van der Waals surface area contributed by atoms with Crippen molar-refractivity contribution < 1.29 is 19.1 Å². The molecule has 0 spiro atoms. The zero-order chi connectivity index (χ0) is 19.2. The van der Waals surface area contributed by atoms with Gasteiger partial charge in [-0.2, -0.15) is 0 Å². The molecule has 0 unspecified atom stereocenters. The predicted octanol–water partition coefficient (Wildman–Crippen LogP) is 3.13. The predicted molar refractivity (Wildman–Crippen MR) is 101 cm³/mol. The SMILES string of the molecule is CC(=O)N1C=Cc2ccccc2[C@H]1CC(=O)OCC(=O)Nc1ccccc1. The number of esters is 1. The number of rotatable bonds is 5. The van der Waals surface area contributed by atoms with E-state index in [1.807, 2.05) is 36.4 Å². The fraction of sp³-hybridized carbons (Fsp3) is 0.190. The molecule has 2 amide bonds. The monoisotopic (exact) mass is 364 g/mol. The quantitative estimate of drug-likeness (QED) is 0.827. The number of carbonyl (C=O) groups is 3. The molecule has 0 aliphatic carbocycles. The normalized spacial score (nSPS) is 15.0. The Bertz CT molecular complexity index is 877. The third-order valence-electron chi connectivity index (χ3n) is 4.25. The van der Waals surface area contributed by atoms with Crippen LogP contribution < -0.4 is 5.32 Å². The maximum absolute atomic E-state index is 12.3. The summed E-state index contributed by atoms with van der Waals surface area (Å²) in [5.41, 5.74) is 2.46. The first-order valence-corrected chi connectivity index (χ1v) is 8.61. The van der Waals surface area contributed by atoms with Crippen LogP contribution in [-0.2, 0) is 19.1 Å². The van der Waals surface area contributed by atoms with Crippen LogP contribution in [0.4, 0.5) is 5.69 Å². The molecule has 1 aliphatic heterocycles. The summed E-state index contributed by atoms with van der Waals surface area (Å²) in [7, 11) is 0. The maximum atomic E-state index is 12.3. The van der Waals surface area contributed by atoms with Gasteiger partial charge in [0.25, 0.3) is 5.91 Å². The molecule has 6 nitrogen and oxygen atoms in total. The van der Waals surface area contributed by atoms with Crippen LogP contribution >= 0.6 is 0 Å². The molecule has 6 heteroatoms. The van der Waals surface area contributed by atoms with E-state index in [4.69, 9.17) is 4.74 Å². The van der Waals surface area contributed by atoms with Gasteiger partial charge in [-0.3, -0.25) is 14.4 Å². The van der Waals surface area contributed by atoms with Crippen molar-refractivity contribution in [2.75, 3.05) is 11.9 Å². The number of ether oxygens (including phenoxy) is 1. The summed E-state index contributed by atoms with van der Waals surface area (Å²) in [5.74, 6) is -1.12. The summed E-state index contributed by atoms with van der Waals surface area (Å²) >= 11 is 0. The van der Waals surface area contributed by atoms with Crippen molar-refractivity contribution in [2.45, 2.75) is 19.4 Å². The van der Waals surface area contributed by atoms with E-state index in [2.05, 4.69) is 5.32 Å². The number of para-hydroxylation sites is 1. The molecule has 0 saturated carbocycles. The number of nitrogens with zero attached hydrogens (tertiary/aromatic N) is 1. The number of amides is 2. The molecule has 0 aromatic heterocycles. The van der Waals surface area contributed by atoms with E-state index < -0.39 is 17.9 Å². The summed E-state index contributed by atoms with van der Waals surface area (Å²) in [5, 5.41) is 2.65. The van der Waals surface area contributed by atoms with Crippen LogP contribution in [0.1, 0.15) is 30.5 Å². The minimum Gasteiger partial charge on any atom is -0.455 e. The number of hydrogen-bond acceptors (Lipinski definition) is 4. The Balaban J connectivity index is 1.61. The van der Waals surface area contributed by atoms with Gasteiger partial charge in [-0.1, -0.05) is 42.5 Å². The number of fused-ring (bicyclic) bond motifs is 1. The first-order chi connectivity index (χ1) is 13.0. The summed E-state index contributed by atoms with van der Waals surface area (Å²) in [6.45, 7) is 1.07. The van der Waals surface area contributed by atoms with Gasteiger partial charge in [0.1, 0.15) is 0 Å². The Labute approximate surface area is 157 Å². The van der Waals surface area contributed by atoms with Gasteiger partial charge in [-0.05, 0) is 29.3 Å². The fourth-order valence-corrected chi connectivity index (χ4v) is 2.99. The average Bonchev–Trinajstić information content (AvgIpc) is 2.67. The molecule has 0 bridgehead atoms. The molecule has 138 valence electrons. The lowest BCUT2D eigenvalue weighted by Gasteiger charge is -2.32. The second-order valence-corrected chi connectivity index (χ2v) is 6.17. The fourth-order valence-electron chi connectivity index (χ4n) is 2.99. The van der Waals surface area contributed by atoms with Crippen molar-refractivity contribution in [3.05, 3.63) is 71.9 Å². The summed E-state index contributed by atoms with van der Waals surface area (Å²) < 4.78 is 5.11. The lowest BCUT2D eigenvalue weighted by atomic mass is 9.94. The molecule has 2 aromatic carbocycles. The second kappa shape index (κ2) is 8.31. The highest BCUT2D eigenvalue weighted by Crippen LogP contribution is 2.33. The van der Waals surface area contributed by atoms with Crippen LogP contribution in [0.5, 0.6) is 0 Å². The largest absolute Gasteiger partial charge is 0.455 e. The summed E-state index contributed by atoms with van der Waals surface area (Å²) in [4.78, 5) is 37.6. The lowest BCUT2D eigenvalue weighted by Crippen LogP contribution is -2.33. The molecule has 1 atom stereocenters. The van der Waals surface area contributed by atoms with Gasteiger partial charge in [0, 0.05) is 18.8 Å². The van der Waals surface area contributed by atoms with E-state index in [1.165, 1.54) is 11.8 Å². The molecule has 27 heavy (non-hydrogen) atoms. The van der Waals surface area contributed by atoms with Crippen molar-refractivity contribution in [2.24, 2.45) is 0 Å². The molecule has 0 saturated heterocycles. The smallest absolute Gasteiger partial charge is 0.308 e. The van der Waals surface area contributed by atoms with Gasteiger partial charge in [-0.15, -0.1) is 0 Å². The lowest BCUT2D eigenvalue weighted by molar-refractivity contribution is -0.149. The highest BCUT2D eigenvalue weighted by molar-refractivity contribution is 5.92. The molecule has 1 aliphatic rings. The van der Waals surface area contributed by atoms with E-state index in [0.717, 1.165) is 11.1 Å². The highest BCUT2D eigenvalue weighted by atomic mass is 16.5. The number of benzene rings is 2. The Hall–Kier alpha value is -3.41. The zero-order valence-electron chi connectivity index (χ0n) is 14.9. The number of hydrogen-bond donors (Lipinski definition) is 1. The first kappa shape index (κ1) is 18.4. The number of nitrogens with one attached hydrogen (secondary N) is 1. The van der Waals surface area contributed by atoms with Crippen LogP contribution in [-0.4, -0.2) is 29.3 Å². The molecule has 0 fully saturated rings. The van der Waals surface area contributed by atoms with Crippen molar-refractivity contribution >= 4 is 29.5 Å². The van der Waals surface area contributed by atoms with E-state index in [-0.39, 0.29) is 18.9 Å². The second-order valence-electron chi connectivity index (χ2n) is 6.17. The standard InChI is InChI=1S/C21H20N2O4/c1-15(24)23-12-11-16-7-5-6-10-18(16)19(23)13-21(26)27-14-20(25)22-17-8-3-2-4-9-17/h2-12,19H,13-14H2,1H3,(H,22,25)/t19-/m1/s1. The van der Waals surface area contributed by atoms with Gasteiger partial charge in [0.2, 0.25) is 5.91 Å². The molecule has 1 N–H and O–H groups in total. The minimum atomic E-state index is -0.542. The van der Waals surface area contributed by atoms with Crippen LogP contribution in [0.25, 0.3) is 6.08 Å². The third kappa shape index (κ3) is 4.61. The van der Waals surface area contributed by atoms with Gasteiger partial charge in [0.05, 0.1) is 12.5 Å². The molecule has 1 heterocycles. The average molecular weight is 364 g/mol. The van der Waals surface area contributed by atoms with Crippen molar-refractivity contribution in [3.8, 4) is 0 Å². The maximum Gasteiger partial charge on any atom is 0.308 e. The third-order valence-corrected chi connectivity index (χ3v) is 4.25. The Morgan fingerprint density at radius 2 is 1.74 bits per heavy atom.